The molecule has 2 atom stereocenters. The fourth-order valence-electron chi connectivity index (χ4n) is 16.9. The number of likely N-dealkylation sites (N-methyl/N-ethyl adjacent to an activating group) is 5. The lowest BCUT2D eigenvalue weighted by atomic mass is 9.83. The Morgan fingerprint density at radius 1 is 0.346 bits per heavy atom. The van der Waals surface area contributed by atoms with Crippen LogP contribution in [0.15, 0.2) is 56.1 Å². The third kappa shape index (κ3) is 29.4. The van der Waals surface area contributed by atoms with E-state index in [1.54, 1.807) is 56.7 Å². The lowest BCUT2D eigenvalue weighted by Gasteiger charge is -2.22. The SMILES string of the molecule is CCN(CC)CCNC(=O)CSc1nc(N)c2c3c(sc2n1)CCC3.CCN(CC)CCNC(=O)CSc1nc(N)c2c3c(sc2n1)CCCC3.CCN(CC)CCNC(=O)CSc1nc(N)c2c3c(sc2n1)CCCC3C.CN(C)CCNC(=O)CSc1nc(N)c2c3c(sc2n1)CC(c1ccccc1)CC3.CN(C)CCNC(=O)CSc1nc(N)c2c3c(sc2n1)CCCCC3. The van der Waals surface area contributed by atoms with Gasteiger partial charge in [0.05, 0.1) is 55.7 Å². The number of hydrogen-bond donors (Lipinski definition) is 10. The van der Waals surface area contributed by atoms with Gasteiger partial charge in [0.15, 0.2) is 25.8 Å². The summed E-state index contributed by atoms with van der Waals surface area (Å²) >= 11 is 15.4. The average molecular weight is 2000 g/mol. The molecule has 0 saturated heterocycles. The molecule has 30 nitrogen and oxygen atoms in total. The molecular weight excluding hydrogens is 1870 g/mol. The van der Waals surface area contributed by atoms with Gasteiger partial charge >= 0.3 is 0 Å². The van der Waals surface area contributed by atoms with Crippen LogP contribution < -0.4 is 55.3 Å². The summed E-state index contributed by atoms with van der Waals surface area (Å²) in [6.07, 6.45) is 20.6. The first-order valence-corrected chi connectivity index (χ1v) is 55.7. The quantitative estimate of drug-likeness (QED) is 0.00982. The molecule has 5 aliphatic carbocycles. The molecule has 10 aromatic heterocycles. The number of aromatic nitrogens is 10. The number of nitrogens with zero attached hydrogens (tertiary/aromatic N) is 15. The normalized spacial score (nSPS) is 15.0. The number of carbonyl (C=O) groups excluding carboxylic acids is 5. The zero-order chi connectivity index (χ0) is 94.6. The number of nitrogen functional groups attached to an aromatic ring is 5. The van der Waals surface area contributed by atoms with Crippen molar-refractivity contribution in [2.45, 2.75) is 202 Å². The molecule has 10 heterocycles. The number of rotatable bonds is 37. The third-order valence-electron chi connectivity index (χ3n) is 24.2. The predicted molar refractivity (Wildman–Crippen MR) is 561 cm³/mol. The molecule has 0 radical (unpaired) electrons. The highest BCUT2D eigenvalue weighted by Gasteiger charge is 2.30. The number of thioether (sulfide) groups is 5. The number of thiophene rings is 5. The molecule has 0 aliphatic heterocycles. The Balaban J connectivity index is 0.000000150. The Bertz CT molecular complexity index is 5720. The van der Waals surface area contributed by atoms with Crippen LogP contribution in [0.1, 0.15) is 176 Å². The number of aryl methyl sites for hydroxylation is 8. The van der Waals surface area contributed by atoms with E-state index in [0.717, 1.165) is 187 Å². The van der Waals surface area contributed by atoms with Gasteiger partial charge < -0.3 is 79.8 Å². The molecule has 0 saturated carbocycles. The highest BCUT2D eigenvalue weighted by molar-refractivity contribution is 8.00. The van der Waals surface area contributed by atoms with Crippen LogP contribution in [-0.2, 0) is 81.8 Å². The number of nitrogens with one attached hydrogen (secondary N) is 5. The van der Waals surface area contributed by atoms with Crippen molar-refractivity contribution in [1.29, 1.82) is 0 Å². The van der Waals surface area contributed by atoms with E-state index in [9.17, 15) is 24.0 Å². The third-order valence-corrected chi connectivity index (χ3v) is 34.3. The summed E-state index contributed by atoms with van der Waals surface area (Å²) in [4.78, 5) is 128. The molecule has 40 heteroatoms. The summed E-state index contributed by atoms with van der Waals surface area (Å²) in [7, 11) is 7.93. The van der Waals surface area contributed by atoms with Gasteiger partial charge in [-0.1, -0.05) is 144 Å². The maximum absolute atomic E-state index is 12.1. The van der Waals surface area contributed by atoms with Gasteiger partial charge in [0.2, 0.25) is 29.5 Å². The van der Waals surface area contributed by atoms with Crippen molar-refractivity contribution in [3.05, 3.63) is 88.1 Å². The average Bonchev–Trinajstić information content (AvgIpc) is 1.59. The molecule has 1 aromatic carbocycles. The summed E-state index contributed by atoms with van der Waals surface area (Å²) in [5.41, 5.74) is 39.3. The Morgan fingerprint density at radius 3 is 1.01 bits per heavy atom. The predicted octanol–water partition coefficient (Wildman–Crippen LogP) is 13.9. The van der Waals surface area contributed by atoms with Crippen LogP contribution in [0.2, 0.25) is 0 Å². The molecule has 0 bridgehead atoms. The number of fused-ring (bicyclic) bond motifs is 15. The van der Waals surface area contributed by atoms with Gasteiger partial charge in [-0.15, -0.1) is 56.7 Å². The first-order chi connectivity index (χ1) is 64.3. The molecular formula is C93H133N25O5S10. The maximum atomic E-state index is 12.1. The van der Waals surface area contributed by atoms with Crippen molar-refractivity contribution in [3.8, 4) is 0 Å². The van der Waals surface area contributed by atoms with Crippen LogP contribution in [0.3, 0.4) is 0 Å². The smallest absolute Gasteiger partial charge is 0.230 e. The van der Waals surface area contributed by atoms with E-state index in [1.807, 2.05) is 38.0 Å². The van der Waals surface area contributed by atoms with Crippen LogP contribution in [0.25, 0.3) is 51.1 Å². The van der Waals surface area contributed by atoms with Crippen LogP contribution in [-0.4, -0.2) is 266 Å². The summed E-state index contributed by atoms with van der Waals surface area (Å²) in [6.45, 7) is 28.5. The van der Waals surface area contributed by atoms with Crippen molar-refractivity contribution in [2.24, 2.45) is 0 Å². The van der Waals surface area contributed by atoms with E-state index in [1.165, 1.54) is 168 Å². The van der Waals surface area contributed by atoms with Gasteiger partial charge in [0.1, 0.15) is 53.2 Å². The Kier molecular flexibility index (Phi) is 40.9. The van der Waals surface area contributed by atoms with Gasteiger partial charge in [-0.2, -0.15) is 0 Å². The summed E-state index contributed by atoms with van der Waals surface area (Å²) in [6, 6.07) is 10.7. The van der Waals surface area contributed by atoms with Gasteiger partial charge in [0, 0.05) is 89.8 Å². The highest BCUT2D eigenvalue weighted by Crippen LogP contribution is 2.47. The molecule has 5 amide bonds. The minimum atomic E-state index is -0.0136. The Labute approximate surface area is 823 Å². The van der Waals surface area contributed by atoms with Crippen molar-refractivity contribution in [2.75, 3.05) is 190 Å². The summed E-state index contributed by atoms with van der Waals surface area (Å²) in [5.74, 6) is 5.35. The largest absolute Gasteiger partial charge is 0.383 e. The van der Waals surface area contributed by atoms with Gasteiger partial charge in [-0.05, 0) is 222 Å². The van der Waals surface area contributed by atoms with E-state index < -0.39 is 0 Å². The maximum Gasteiger partial charge on any atom is 0.230 e. The van der Waals surface area contributed by atoms with Crippen LogP contribution in [0.4, 0.5) is 29.1 Å². The van der Waals surface area contributed by atoms with E-state index in [0.29, 0.717) is 128 Å². The van der Waals surface area contributed by atoms with Crippen LogP contribution in [0.5, 0.6) is 0 Å². The summed E-state index contributed by atoms with van der Waals surface area (Å²) in [5, 5.41) is 22.8. The van der Waals surface area contributed by atoms with Crippen molar-refractivity contribution >= 4 is 225 Å². The first kappa shape index (κ1) is 104. The van der Waals surface area contributed by atoms with Crippen LogP contribution in [0, 0.1) is 0 Å². The second-order valence-electron chi connectivity index (χ2n) is 34.0. The number of anilines is 5. The second-order valence-corrected chi connectivity index (χ2v) is 44.1. The van der Waals surface area contributed by atoms with Crippen molar-refractivity contribution in [1.82, 2.24) is 101 Å². The fourth-order valence-corrected chi connectivity index (χ4v) is 27.1. The molecule has 2 unspecified atom stereocenters. The second kappa shape index (κ2) is 52.2. The van der Waals surface area contributed by atoms with Gasteiger partial charge in [-0.3, -0.25) is 24.0 Å². The lowest BCUT2D eigenvalue weighted by molar-refractivity contribution is -0.119. The molecule has 5 aliphatic rings. The zero-order valence-electron chi connectivity index (χ0n) is 78.8. The van der Waals surface area contributed by atoms with Crippen molar-refractivity contribution in [3.63, 3.8) is 0 Å². The van der Waals surface area contributed by atoms with Gasteiger partial charge in [0.25, 0.3) is 0 Å². The minimum Gasteiger partial charge on any atom is -0.383 e. The van der Waals surface area contributed by atoms with Gasteiger partial charge in [-0.25, -0.2) is 49.8 Å². The Morgan fingerprint density at radius 2 is 0.639 bits per heavy atom. The fraction of sp³-hybridized carbons (Fsp3) is 0.559. The van der Waals surface area contributed by atoms with E-state index >= 15 is 0 Å². The molecule has 15 N–H and O–H groups in total. The number of amides is 5. The highest BCUT2D eigenvalue weighted by atomic mass is 32.2. The van der Waals surface area contributed by atoms with E-state index in [2.05, 4.69) is 165 Å². The number of hydrogen-bond acceptors (Lipinski definition) is 35. The molecule has 720 valence electrons. The molecule has 0 fully saturated rings. The first-order valence-electron chi connectivity index (χ1n) is 46.7. The van der Waals surface area contributed by atoms with Crippen molar-refractivity contribution < 1.29 is 24.0 Å². The molecule has 11 aromatic rings. The Hall–Kier alpha value is -7.68. The standard InChI is InChI=1S/C22H27N5OS2.C19H29N5OS2.C18H27N5OS2.2C17H25N5OS2/c1-27(2)11-10-24-18(28)13-29-22-25-20(23)19-16-9-8-15(14-6-4-3-5-7-14)12-17(16)30-21(19)26-22;1-4-24(5-2)10-9-21-14(25)11-26-19-22-17(20)16-15-12(3)7-6-8-13(15)27-18(16)23-19;1-3-23(4-2)10-9-20-14(24)11-25-18-21-16(19)15-12-7-5-6-8-13(12)26-17(15)22-18;1-22(2)9-8-19-13(23)10-24-17-20-15(18)14-11-6-4-3-5-7-12(11)25-16(14)21-17;1-3-22(4-2)9-8-19-13(23)10-24-17-20-15(18)14-11-6-5-7-12(11)25-16(14)21-17/h3-7,15H,8-13H2,1-2H3,(H,24,28)(H2,23,25,26);12H,4-11H2,1-3H3,(H,21,25)(H2,20,22,23);3-11H2,1-2H3,(H,20,24)(H2,19,21,22);2*3-10H2,1-2H3,(H,19,23)(H2,18,20,21). The number of benzene rings is 1. The zero-order valence-corrected chi connectivity index (χ0v) is 87.0. The van der Waals surface area contributed by atoms with Crippen LogP contribution >= 0.6 is 115 Å². The molecule has 133 heavy (non-hydrogen) atoms. The summed E-state index contributed by atoms with van der Waals surface area (Å²) < 4.78 is 0. The lowest BCUT2D eigenvalue weighted by Crippen LogP contribution is -2.35. The molecule has 16 rings (SSSR count). The monoisotopic (exact) mass is 2000 g/mol. The van der Waals surface area contributed by atoms with E-state index in [4.69, 9.17) is 33.7 Å². The molecule has 0 spiro atoms. The number of carbonyl (C=O) groups is 5. The topological polar surface area (TPSA) is 421 Å². The van der Waals surface area contributed by atoms with E-state index in [-0.39, 0.29) is 29.5 Å². The minimum absolute atomic E-state index is 0.00363. The number of nitrogens with two attached hydrogens (primary N) is 5.